The Morgan fingerprint density at radius 1 is 1.17 bits per heavy atom. The van der Waals surface area contributed by atoms with Crippen LogP contribution in [0.3, 0.4) is 0 Å². The van der Waals surface area contributed by atoms with E-state index < -0.39 is 11.7 Å². The Kier molecular flexibility index (Phi) is 4.48. The van der Waals surface area contributed by atoms with Crippen LogP contribution in [0.15, 0.2) is 48.9 Å². The quantitative estimate of drug-likeness (QED) is 0.733. The van der Waals surface area contributed by atoms with Crippen molar-refractivity contribution in [3.05, 3.63) is 71.3 Å². The van der Waals surface area contributed by atoms with Crippen molar-refractivity contribution in [2.24, 2.45) is 0 Å². The zero-order valence-electron chi connectivity index (χ0n) is 12.6. The molecule has 1 N–H and O–H groups in total. The number of aryl methyl sites for hydroxylation is 1. The van der Waals surface area contributed by atoms with Crippen molar-refractivity contribution in [1.82, 2.24) is 15.0 Å². The number of amides is 1. The monoisotopic (exact) mass is 342 g/mol. The Morgan fingerprint density at radius 3 is 2.75 bits per heavy atom. The van der Waals surface area contributed by atoms with E-state index in [1.807, 2.05) is 0 Å². The summed E-state index contributed by atoms with van der Waals surface area (Å²) in [6.45, 7) is 1.76. The average Bonchev–Trinajstić information content (AvgIpc) is 2.54. The average molecular weight is 343 g/mol. The molecule has 3 aromatic rings. The van der Waals surface area contributed by atoms with Gasteiger partial charge in [-0.1, -0.05) is 11.6 Å². The van der Waals surface area contributed by atoms with Crippen molar-refractivity contribution in [2.75, 3.05) is 5.32 Å². The van der Waals surface area contributed by atoms with Gasteiger partial charge < -0.3 is 5.32 Å². The lowest BCUT2D eigenvalue weighted by Gasteiger charge is -2.08. The highest BCUT2D eigenvalue weighted by molar-refractivity contribution is 6.29. The summed E-state index contributed by atoms with van der Waals surface area (Å²) in [5, 5.41) is 2.98. The van der Waals surface area contributed by atoms with E-state index in [0.29, 0.717) is 22.5 Å². The summed E-state index contributed by atoms with van der Waals surface area (Å²) in [4.78, 5) is 24.3. The highest BCUT2D eigenvalue weighted by Crippen LogP contribution is 2.21. The normalized spacial score (nSPS) is 10.5. The van der Waals surface area contributed by atoms with Crippen molar-refractivity contribution in [2.45, 2.75) is 6.92 Å². The van der Waals surface area contributed by atoms with Crippen molar-refractivity contribution in [1.29, 1.82) is 0 Å². The van der Waals surface area contributed by atoms with E-state index in [1.54, 1.807) is 25.1 Å². The summed E-state index contributed by atoms with van der Waals surface area (Å²) >= 11 is 5.80. The standard InChI is InChI=1S/C17H12ClFN4O/c1-10-4-11(12-5-13(19)9-20-8-12)6-15(22-10)17(24)23-14-2-3-21-16(18)7-14/h2-9H,1H3,(H,21,23,24). The fourth-order valence-electron chi connectivity index (χ4n) is 2.20. The molecule has 0 aromatic carbocycles. The lowest BCUT2D eigenvalue weighted by atomic mass is 10.1. The summed E-state index contributed by atoms with van der Waals surface area (Å²) in [5.41, 5.74) is 2.59. The Balaban J connectivity index is 1.92. The first-order valence-corrected chi connectivity index (χ1v) is 7.41. The number of pyridine rings is 3. The largest absolute Gasteiger partial charge is 0.320 e. The number of rotatable bonds is 3. The molecule has 0 aliphatic carbocycles. The number of hydrogen-bond donors (Lipinski definition) is 1. The molecule has 0 radical (unpaired) electrons. The molecule has 0 bridgehead atoms. The van der Waals surface area contributed by atoms with Crippen LogP contribution < -0.4 is 5.32 Å². The zero-order valence-corrected chi connectivity index (χ0v) is 13.4. The second-order valence-electron chi connectivity index (χ2n) is 5.10. The summed E-state index contributed by atoms with van der Waals surface area (Å²) < 4.78 is 13.4. The summed E-state index contributed by atoms with van der Waals surface area (Å²) in [6.07, 6.45) is 4.14. The number of halogens is 2. The molecular formula is C17H12ClFN4O. The van der Waals surface area contributed by atoms with E-state index in [9.17, 15) is 9.18 Å². The zero-order chi connectivity index (χ0) is 17.1. The summed E-state index contributed by atoms with van der Waals surface area (Å²) in [5.74, 6) is -0.842. The number of carbonyl (C=O) groups excluding carboxylic acids is 1. The van der Waals surface area contributed by atoms with Gasteiger partial charge in [0, 0.05) is 29.3 Å². The maximum Gasteiger partial charge on any atom is 0.274 e. The van der Waals surface area contributed by atoms with Gasteiger partial charge in [0.2, 0.25) is 0 Å². The molecule has 3 heterocycles. The minimum absolute atomic E-state index is 0.210. The van der Waals surface area contributed by atoms with Gasteiger partial charge in [-0.3, -0.25) is 9.78 Å². The van der Waals surface area contributed by atoms with E-state index in [0.717, 1.165) is 6.20 Å². The van der Waals surface area contributed by atoms with Gasteiger partial charge in [-0.25, -0.2) is 14.4 Å². The van der Waals surface area contributed by atoms with Crippen LogP contribution in [0.25, 0.3) is 11.1 Å². The minimum Gasteiger partial charge on any atom is -0.320 e. The third-order valence-electron chi connectivity index (χ3n) is 3.21. The maximum absolute atomic E-state index is 13.4. The minimum atomic E-state index is -0.445. The van der Waals surface area contributed by atoms with Crippen LogP contribution in [0.4, 0.5) is 10.1 Å². The van der Waals surface area contributed by atoms with E-state index in [2.05, 4.69) is 20.3 Å². The molecule has 0 aliphatic rings. The van der Waals surface area contributed by atoms with Gasteiger partial charge in [0.25, 0.3) is 5.91 Å². The number of nitrogens with one attached hydrogen (secondary N) is 1. The number of anilines is 1. The Morgan fingerprint density at radius 2 is 2.00 bits per heavy atom. The van der Waals surface area contributed by atoms with E-state index in [1.165, 1.54) is 24.5 Å². The predicted molar refractivity (Wildman–Crippen MR) is 89.4 cm³/mol. The molecule has 0 atom stereocenters. The lowest BCUT2D eigenvalue weighted by molar-refractivity contribution is 0.102. The van der Waals surface area contributed by atoms with Gasteiger partial charge in [0.15, 0.2) is 0 Å². The Bertz CT molecular complexity index is 917. The Labute approximate surface area is 142 Å². The van der Waals surface area contributed by atoms with Crippen LogP contribution in [-0.4, -0.2) is 20.9 Å². The second-order valence-corrected chi connectivity index (χ2v) is 5.48. The second kappa shape index (κ2) is 6.72. The summed E-state index contributed by atoms with van der Waals surface area (Å²) in [7, 11) is 0. The van der Waals surface area contributed by atoms with E-state index in [4.69, 9.17) is 11.6 Å². The molecule has 0 unspecified atom stereocenters. The first-order valence-electron chi connectivity index (χ1n) is 7.04. The Hall–Kier alpha value is -2.86. The van der Waals surface area contributed by atoms with Crippen molar-refractivity contribution < 1.29 is 9.18 Å². The first kappa shape index (κ1) is 16.0. The molecule has 24 heavy (non-hydrogen) atoms. The van der Waals surface area contributed by atoms with Crippen molar-refractivity contribution in [3.8, 4) is 11.1 Å². The van der Waals surface area contributed by atoms with E-state index >= 15 is 0 Å². The van der Waals surface area contributed by atoms with Crippen LogP contribution in [0, 0.1) is 12.7 Å². The van der Waals surface area contributed by atoms with Crippen molar-refractivity contribution >= 4 is 23.2 Å². The van der Waals surface area contributed by atoms with Crippen molar-refractivity contribution in [3.63, 3.8) is 0 Å². The lowest BCUT2D eigenvalue weighted by Crippen LogP contribution is -2.14. The van der Waals surface area contributed by atoms with Crippen LogP contribution >= 0.6 is 11.6 Å². The maximum atomic E-state index is 13.4. The molecule has 3 aromatic heterocycles. The first-order chi connectivity index (χ1) is 11.5. The molecule has 0 spiro atoms. The number of nitrogens with zero attached hydrogens (tertiary/aromatic N) is 3. The summed E-state index contributed by atoms with van der Waals surface area (Å²) in [6, 6.07) is 7.86. The van der Waals surface area contributed by atoms with Crippen LogP contribution in [0.5, 0.6) is 0 Å². The molecule has 7 heteroatoms. The van der Waals surface area contributed by atoms with Gasteiger partial charge in [0.1, 0.15) is 16.7 Å². The molecule has 0 saturated carbocycles. The fraction of sp³-hybridized carbons (Fsp3) is 0.0588. The van der Waals surface area contributed by atoms with Crippen LogP contribution in [0.2, 0.25) is 5.15 Å². The molecule has 0 aliphatic heterocycles. The SMILES string of the molecule is Cc1cc(-c2cncc(F)c2)cc(C(=O)Nc2ccnc(Cl)c2)n1. The molecule has 120 valence electrons. The smallest absolute Gasteiger partial charge is 0.274 e. The fourth-order valence-corrected chi connectivity index (χ4v) is 2.37. The van der Waals surface area contributed by atoms with Gasteiger partial charge in [-0.2, -0.15) is 0 Å². The van der Waals surface area contributed by atoms with Gasteiger partial charge in [0.05, 0.1) is 6.20 Å². The van der Waals surface area contributed by atoms with Gasteiger partial charge in [-0.05, 0) is 42.8 Å². The van der Waals surface area contributed by atoms with Gasteiger partial charge in [-0.15, -0.1) is 0 Å². The molecule has 3 rings (SSSR count). The molecular weight excluding hydrogens is 331 g/mol. The molecule has 0 saturated heterocycles. The van der Waals surface area contributed by atoms with E-state index in [-0.39, 0.29) is 10.8 Å². The molecule has 5 nitrogen and oxygen atoms in total. The van der Waals surface area contributed by atoms with Gasteiger partial charge >= 0.3 is 0 Å². The third kappa shape index (κ3) is 3.72. The predicted octanol–water partition coefficient (Wildman–Crippen LogP) is 3.89. The highest BCUT2D eigenvalue weighted by atomic mass is 35.5. The number of hydrogen-bond acceptors (Lipinski definition) is 4. The number of carbonyl (C=O) groups is 1. The third-order valence-corrected chi connectivity index (χ3v) is 3.42. The topological polar surface area (TPSA) is 67.8 Å². The van der Waals surface area contributed by atoms with Crippen LogP contribution in [0.1, 0.15) is 16.2 Å². The highest BCUT2D eigenvalue weighted by Gasteiger charge is 2.12. The van der Waals surface area contributed by atoms with Crippen LogP contribution in [-0.2, 0) is 0 Å². The molecule has 1 amide bonds. The molecule has 0 fully saturated rings. The number of aromatic nitrogens is 3.